The van der Waals surface area contributed by atoms with Crippen LogP contribution in [0.15, 0.2) is 53.4 Å². The summed E-state index contributed by atoms with van der Waals surface area (Å²) in [5.74, 6) is 2.65. The van der Waals surface area contributed by atoms with Crippen LogP contribution in [0.3, 0.4) is 0 Å². The van der Waals surface area contributed by atoms with Gasteiger partial charge in [0.05, 0.1) is 6.67 Å². The van der Waals surface area contributed by atoms with Crippen molar-refractivity contribution in [2.45, 2.75) is 52.1 Å². The third-order valence-corrected chi connectivity index (χ3v) is 5.49. The number of hydrogen-bond acceptors (Lipinski definition) is 7. The van der Waals surface area contributed by atoms with E-state index >= 15 is 0 Å². The Hall–Kier alpha value is -2.93. The van der Waals surface area contributed by atoms with E-state index in [-0.39, 0.29) is 11.0 Å². The van der Waals surface area contributed by atoms with Gasteiger partial charge in [0.2, 0.25) is 0 Å². The molecule has 1 aliphatic heterocycles. The van der Waals surface area contributed by atoms with Crippen molar-refractivity contribution in [2.24, 2.45) is 0 Å². The summed E-state index contributed by atoms with van der Waals surface area (Å²) in [6.45, 7) is 13.5. The number of anilines is 3. The first kappa shape index (κ1) is 20.3. The van der Waals surface area contributed by atoms with Gasteiger partial charge in [0.15, 0.2) is 5.82 Å². The number of hydrogen-bond donors (Lipinski definition) is 1. The average Bonchev–Trinajstić information content (AvgIpc) is 3.28. The molecule has 1 fully saturated rings. The molecule has 7 nitrogen and oxygen atoms in total. The molecule has 0 bridgehead atoms. The van der Waals surface area contributed by atoms with Crippen molar-refractivity contribution in [2.75, 3.05) is 23.4 Å². The number of aromatic nitrogens is 3. The normalized spacial score (nSPS) is 16.8. The molecule has 4 rings (SSSR count). The molecule has 0 aromatic carbocycles. The van der Waals surface area contributed by atoms with Crippen LogP contribution in [0.2, 0.25) is 0 Å². The van der Waals surface area contributed by atoms with Gasteiger partial charge in [-0.05, 0) is 43.7 Å². The van der Waals surface area contributed by atoms with Crippen LogP contribution >= 0.6 is 0 Å². The maximum Gasteiger partial charge on any atom is 0.173 e. The number of pyridine rings is 2. The minimum absolute atomic E-state index is 0.0167. The lowest BCUT2D eigenvalue weighted by atomic mass is 9.93. The Bertz CT molecular complexity index is 992. The van der Waals surface area contributed by atoms with Crippen molar-refractivity contribution in [3.05, 3.63) is 60.2 Å². The number of nitrogens with zero attached hydrogens (tertiary/aromatic N) is 5. The van der Waals surface area contributed by atoms with Crippen LogP contribution in [-0.2, 0) is 12.0 Å². The molecule has 0 aliphatic carbocycles. The summed E-state index contributed by atoms with van der Waals surface area (Å²) in [5.41, 5.74) is 2.16. The molecule has 4 heterocycles. The molecule has 0 radical (unpaired) electrons. The molecule has 1 aliphatic rings. The molecule has 0 amide bonds. The van der Waals surface area contributed by atoms with E-state index in [4.69, 9.17) is 4.52 Å². The molecular formula is C23H30N6O. The molecule has 1 saturated heterocycles. The average molecular weight is 407 g/mol. The monoisotopic (exact) mass is 406 g/mol. The maximum atomic E-state index is 5.60. The molecule has 30 heavy (non-hydrogen) atoms. The molecule has 3 aromatic heterocycles. The van der Waals surface area contributed by atoms with Gasteiger partial charge in [-0.3, -0.25) is 9.88 Å². The van der Waals surface area contributed by atoms with Crippen LogP contribution in [0.4, 0.5) is 17.3 Å². The molecule has 0 spiro atoms. The third-order valence-electron chi connectivity index (χ3n) is 5.49. The molecule has 158 valence electrons. The molecule has 3 aromatic rings. The van der Waals surface area contributed by atoms with E-state index in [2.05, 4.69) is 83.1 Å². The van der Waals surface area contributed by atoms with E-state index in [1.165, 1.54) is 5.56 Å². The van der Waals surface area contributed by atoms with Crippen molar-refractivity contribution in [3.8, 4) is 0 Å². The van der Waals surface area contributed by atoms with Gasteiger partial charge in [-0.15, -0.1) is 0 Å². The van der Waals surface area contributed by atoms with Gasteiger partial charge in [-0.1, -0.05) is 25.9 Å². The van der Waals surface area contributed by atoms with Crippen molar-refractivity contribution < 1.29 is 4.52 Å². The first-order valence-electron chi connectivity index (χ1n) is 10.3. The molecule has 7 heteroatoms. The highest BCUT2D eigenvalue weighted by atomic mass is 16.5. The fourth-order valence-electron chi connectivity index (χ4n) is 3.64. The van der Waals surface area contributed by atoms with E-state index < -0.39 is 0 Å². The summed E-state index contributed by atoms with van der Waals surface area (Å²) in [6.07, 6.45) is 5.39. The SMILES string of the molecule is CC(C)(C)c1cc(N2CN(Cc3ccnc(Nc4ccncc4)c3)C(C)(C)C2)no1. The quantitative estimate of drug-likeness (QED) is 0.666. The van der Waals surface area contributed by atoms with Crippen LogP contribution in [0.5, 0.6) is 0 Å². The lowest BCUT2D eigenvalue weighted by Gasteiger charge is -2.29. The maximum absolute atomic E-state index is 5.60. The van der Waals surface area contributed by atoms with Crippen LogP contribution in [-0.4, -0.2) is 38.8 Å². The fraction of sp³-hybridized carbons (Fsp3) is 0.435. The summed E-state index contributed by atoms with van der Waals surface area (Å²) in [4.78, 5) is 13.3. The van der Waals surface area contributed by atoms with E-state index in [0.29, 0.717) is 0 Å². The van der Waals surface area contributed by atoms with Crippen LogP contribution in [0.25, 0.3) is 0 Å². The summed E-state index contributed by atoms with van der Waals surface area (Å²) in [5, 5.41) is 7.67. The Balaban J connectivity index is 1.47. The lowest BCUT2D eigenvalue weighted by molar-refractivity contribution is 0.175. The highest BCUT2D eigenvalue weighted by Gasteiger charge is 2.38. The fourth-order valence-corrected chi connectivity index (χ4v) is 3.64. The van der Waals surface area contributed by atoms with Gasteiger partial charge in [0.25, 0.3) is 0 Å². The minimum Gasteiger partial charge on any atom is -0.359 e. The molecule has 0 unspecified atom stereocenters. The van der Waals surface area contributed by atoms with Crippen LogP contribution in [0, 0.1) is 0 Å². The van der Waals surface area contributed by atoms with Gasteiger partial charge < -0.3 is 14.7 Å². The van der Waals surface area contributed by atoms with Crippen LogP contribution < -0.4 is 10.2 Å². The smallest absolute Gasteiger partial charge is 0.173 e. The Morgan fingerprint density at radius 3 is 2.57 bits per heavy atom. The van der Waals surface area contributed by atoms with Crippen molar-refractivity contribution >= 4 is 17.3 Å². The molecular weight excluding hydrogens is 376 g/mol. The number of rotatable bonds is 5. The summed E-state index contributed by atoms with van der Waals surface area (Å²) < 4.78 is 5.60. The highest BCUT2D eigenvalue weighted by molar-refractivity contribution is 5.55. The first-order chi connectivity index (χ1) is 14.2. The predicted octanol–water partition coefficient (Wildman–Crippen LogP) is 4.56. The zero-order valence-electron chi connectivity index (χ0n) is 18.4. The minimum atomic E-state index is -0.0462. The van der Waals surface area contributed by atoms with E-state index in [0.717, 1.165) is 42.8 Å². The van der Waals surface area contributed by atoms with Crippen molar-refractivity contribution in [3.63, 3.8) is 0 Å². The Morgan fingerprint density at radius 1 is 1.10 bits per heavy atom. The first-order valence-corrected chi connectivity index (χ1v) is 10.3. The predicted molar refractivity (Wildman–Crippen MR) is 119 cm³/mol. The van der Waals surface area contributed by atoms with Crippen molar-refractivity contribution in [1.82, 2.24) is 20.0 Å². The van der Waals surface area contributed by atoms with Crippen LogP contribution in [0.1, 0.15) is 45.9 Å². The lowest BCUT2D eigenvalue weighted by Crippen LogP contribution is -2.39. The van der Waals surface area contributed by atoms with Gasteiger partial charge in [0, 0.05) is 54.4 Å². The molecule has 1 N–H and O–H groups in total. The van der Waals surface area contributed by atoms with Gasteiger partial charge in [0.1, 0.15) is 11.6 Å². The second-order valence-corrected chi connectivity index (χ2v) is 9.56. The zero-order chi connectivity index (χ0) is 21.4. The topological polar surface area (TPSA) is 70.3 Å². The van der Waals surface area contributed by atoms with Gasteiger partial charge in [-0.2, -0.15) is 0 Å². The zero-order valence-corrected chi connectivity index (χ0v) is 18.4. The summed E-state index contributed by atoms with van der Waals surface area (Å²) >= 11 is 0. The van der Waals surface area contributed by atoms with E-state index in [1.54, 1.807) is 12.4 Å². The van der Waals surface area contributed by atoms with E-state index in [9.17, 15) is 0 Å². The van der Waals surface area contributed by atoms with E-state index in [1.807, 2.05) is 18.3 Å². The number of nitrogens with one attached hydrogen (secondary N) is 1. The summed E-state index contributed by atoms with van der Waals surface area (Å²) in [7, 11) is 0. The summed E-state index contributed by atoms with van der Waals surface area (Å²) in [6, 6.07) is 10.1. The Morgan fingerprint density at radius 2 is 1.87 bits per heavy atom. The Kier molecular flexibility index (Phi) is 5.24. The Labute approximate surface area is 178 Å². The second-order valence-electron chi connectivity index (χ2n) is 9.56. The second kappa shape index (κ2) is 7.72. The highest BCUT2D eigenvalue weighted by Crippen LogP contribution is 2.32. The van der Waals surface area contributed by atoms with Gasteiger partial charge >= 0.3 is 0 Å². The molecule has 0 saturated carbocycles. The standard InChI is InChI=1S/C23H30N6O/c1-22(2,3)19-13-21(27-30-19)28-15-23(4,5)29(16-28)14-17-6-11-25-20(12-17)26-18-7-9-24-10-8-18/h6-13H,14-16H2,1-5H3,(H,24,25,26). The largest absolute Gasteiger partial charge is 0.359 e. The molecule has 0 atom stereocenters. The van der Waals surface area contributed by atoms with Crippen molar-refractivity contribution in [1.29, 1.82) is 0 Å². The van der Waals surface area contributed by atoms with Gasteiger partial charge in [-0.25, -0.2) is 4.98 Å². The third kappa shape index (κ3) is 4.46.